The first-order valence-corrected chi connectivity index (χ1v) is 37.4. The van der Waals surface area contributed by atoms with Gasteiger partial charge in [-0.25, -0.2) is 4.79 Å². The van der Waals surface area contributed by atoms with Crippen LogP contribution in [0.2, 0.25) is 0 Å². The summed E-state index contributed by atoms with van der Waals surface area (Å²) in [5, 5.41) is 58.4. The number of phenolic OH excluding ortho intramolecular Hbond substituents is 2. The fourth-order valence-corrected chi connectivity index (χ4v) is 11.4. The Balaban J connectivity index is 2.52. The zero-order valence-electron chi connectivity index (χ0n) is 63.0. The van der Waals surface area contributed by atoms with E-state index >= 15 is 0 Å². The summed E-state index contributed by atoms with van der Waals surface area (Å²) in [6.07, 6.45) is 1.30. The average molecular weight is 1530 g/mol. The van der Waals surface area contributed by atoms with Crippen LogP contribution in [0.1, 0.15) is 157 Å². The molecule has 0 saturated heterocycles. The quantitative estimate of drug-likeness (QED) is 0.0192. The molecule has 26 N–H and O–H groups in total. The number of thioether (sulfide) groups is 1. The zero-order valence-corrected chi connectivity index (χ0v) is 63.8. The monoisotopic (exact) mass is 1520 g/mol. The van der Waals surface area contributed by atoms with Crippen LogP contribution in [-0.4, -0.2) is 202 Å². The van der Waals surface area contributed by atoms with Crippen molar-refractivity contribution in [2.75, 3.05) is 25.1 Å². The van der Waals surface area contributed by atoms with Gasteiger partial charge in [-0.05, 0) is 149 Å². The molecule has 0 heterocycles. The molecule has 0 bridgehead atoms. The van der Waals surface area contributed by atoms with Crippen LogP contribution in [0.25, 0.3) is 0 Å². The van der Waals surface area contributed by atoms with Crippen molar-refractivity contribution < 1.29 is 82.4 Å². The summed E-state index contributed by atoms with van der Waals surface area (Å²) in [6, 6.07) is -5.31. The lowest BCUT2D eigenvalue weighted by molar-refractivity contribution is -0.144. The fourth-order valence-electron chi connectivity index (χ4n) is 10.9. The molecule has 0 aliphatic rings. The van der Waals surface area contributed by atoms with Crippen molar-refractivity contribution in [3.63, 3.8) is 0 Å². The number of guanidine groups is 1. The maximum absolute atomic E-state index is 14.8. The molecule has 0 spiro atoms. The minimum Gasteiger partial charge on any atom is -0.508 e. The number of aliphatic imine (C=N–C) groups is 1. The zero-order chi connectivity index (χ0) is 80.8. The largest absolute Gasteiger partial charge is 0.508 e. The number of nitrogens with two attached hydrogens (primary N) is 6. The Hall–Kier alpha value is -9.84. The molecule has 2 rings (SSSR count). The van der Waals surface area contributed by atoms with Gasteiger partial charge in [0, 0.05) is 19.4 Å². The Morgan fingerprint density at radius 1 is 0.439 bits per heavy atom. The number of carboxylic acids is 1. The number of carbonyl (C=O) groups excluding carboxylic acids is 13. The van der Waals surface area contributed by atoms with Gasteiger partial charge in [0.25, 0.3) is 0 Å². The van der Waals surface area contributed by atoms with Crippen LogP contribution in [0.5, 0.6) is 11.5 Å². The van der Waals surface area contributed by atoms with Crippen LogP contribution in [0.3, 0.4) is 0 Å². The Bertz CT molecular complexity index is 3310. The molecule has 13 amide bonds. The number of aliphatic carboxylic acids is 1. The fraction of sp³-hybridized carbons (Fsp3) is 0.620. The third-order valence-electron chi connectivity index (χ3n) is 17.5. The molecule has 0 fully saturated rings. The van der Waals surface area contributed by atoms with E-state index < -0.39 is 174 Å². The highest BCUT2D eigenvalue weighted by molar-refractivity contribution is 7.98. The predicted octanol–water partition coefficient (Wildman–Crippen LogP) is -2.09. The van der Waals surface area contributed by atoms with Gasteiger partial charge in [-0.2, -0.15) is 11.8 Å². The number of hydrogen-bond acceptors (Lipinski definition) is 20. The predicted molar refractivity (Wildman–Crippen MR) is 402 cm³/mol. The third-order valence-corrected chi connectivity index (χ3v) is 18.1. The number of benzene rings is 2. The number of carbonyl (C=O) groups is 14. The first kappa shape index (κ1) is 93.2. The Labute approximate surface area is 629 Å². The van der Waals surface area contributed by atoms with Gasteiger partial charge in [-0.3, -0.25) is 67.3 Å². The van der Waals surface area contributed by atoms with E-state index in [0.29, 0.717) is 24.0 Å². The molecule has 0 aliphatic carbocycles. The minimum atomic E-state index is -1.69. The smallest absolute Gasteiger partial charge is 0.326 e. The lowest BCUT2D eigenvalue weighted by Crippen LogP contribution is -2.61. The van der Waals surface area contributed by atoms with Gasteiger partial charge in [-0.1, -0.05) is 92.5 Å². The van der Waals surface area contributed by atoms with E-state index in [2.05, 4.69) is 63.5 Å². The van der Waals surface area contributed by atoms with Crippen molar-refractivity contribution in [1.82, 2.24) is 58.5 Å². The van der Waals surface area contributed by atoms with Crippen LogP contribution in [0.15, 0.2) is 53.5 Å². The summed E-state index contributed by atoms with van der Waals surface area (Å²) in [5.74, 6) is -14.7. The van der Waals surface area contributed by atoms with Gasteiger partial charge in [0.15, 0.2) is 5.96 Å². The second-order valence-electron chi connectivity index (χ2n) is 27.6. The van der Waals surface area contributed by atoms with Gasteiger partial charge < -0.3 is 108 Å². The number of hydrogen-bond donors (Lipinski definition) is 20. The van der Waals surface area contributed by atoms with Gasteiger partial charge in [0.2, 0.25) is 76.8 Å². The molecule has 0 radical (unpaired) electrons. The van der Waals surface area contributed by atoms with Gasteiger partial charge in [0.05, 0.1) is 12.5 Å². The SMILES string of the molecule is CC[C@H](C)[C@H](NC(=O)[C@H](CC(N)=O)NC(=O)[C@H](CCCCN)NC(=O)[C@H](Cc1ccc(O)cc1)NC(=O)[C@@H](NC(=O)[C@H](CCSC)NC(=O)[C@H](CCCN=C(N)N)NC(=O)[C@H](C)NC(=O)[C@H](CC(C)C)NC(=O)[C@H](CC(C)C)NC(=O)[C@H](CCC(N)=O)NC(=O)[C@@H](N)Cc1ccc(O)cc1)[C@@H](C)CC)C(=O)O. The van der Waals surface area contributed by atoms with Gasteiger partial charge in [0.1, 0.15) is 78.0 Å². The Morgan fingerprint density at radius 2 is 0.832 bits per heavy atom. The molecule has 0 aromatic heterocycles. The standard InChI is InChI=1S/C71H116N18O17S/c1-11-39(7)57(69(104)87-53(35-43-20-24-45(91)25-21-43)67(102)82-47(16-13-14-29-72)62(97)86-54(36-56(75)93)68(103)89-58(70(105)106)40(8)12-2)88-64(99)50(28-31-107-10)83-61(96)48(17-15-30-78-71(76)77)80-59(94)41(9)79-65(100)51(32-37(3)4)85-66(101)52(33-38(5)6)84-63(98)49(26-27-55(74)92)81-60(95)46(73)34-42-18-22-44(90)23-19-42/h18-25,37-41,46-54,57-58,90-91H,11-17,26-36,72-73H2,1-10H3,(H2,74,92)(H2,75,93)(H,79,100)(H,80,94)(H,81,95)(H,82,102)(H,83,96)(H,84,98)(H,85,101)(H,86,97)(H,87,104)(H,88,99)(H,89,103)(H,105,106)(H4,76,77,78)/t39-,40-,41-,46-,47-,48-,49-,50-,51-,52-,53-,54-,57-,58-/m0/s1. The molecule has 107 heavy (non-hydrogen) atoms. The van der Waals surface area contributed by atoms with Crippen molar-refractivity contribution in [1.29, 1.82) is 0 Å². The molecule has 2 aromatic carbocycles. The number of phenols is 2. The highest BCUT2D eigenvalue weighted by Crippen LogP contribution is 2.18. The lowest BCUT2D eigenvalue weighted by Gasteiger charge is -2.30. The molecule has 2 aromatic rings. The summed E-state index contributed by atoms with van der Waals surface area (Å²) in [4.78, 5) is 197. The second-order valence-corrected chi connectivity index (χ2v) is 28.6. The average Bonchev–Trinajstić information content (AvgIpc) is 0.853. The van der Waals surface area contributed by atoms with E-state index in [4.69, 9.17) is 34.4 Å². The first-order valence-electron chi connectivity index (χ1n) is 36.0. The molecular weight excluding hydrogens is 1410 g/mol. The molecule has 36 heteroatoms. The van der Waals surface area contributed by atoms with Crippen LogP contribution < -0.4 is 92.9 Å². The summed E-state index contributed by atoms with van der Waals surface area (Å²) >= 11 is 1.32. The molecule has 35 nitrogen and oxygen atoms in total. The number of nitrogens with zero attached hydrogens (tertiary/aromatic N) is 1. The molecule has 0 unspecified atom stereocenters. The van der Waals surface area contributed by atoms with Crippen LogP contribution in [0.4, 0.5) is 0 Å². The van der Waals surface area contributed by atoms with Crippen LogP contribution in [0, 0.1) is 23.7 Å². The number of amides is 13. The maximum atomic E-state index is 14.8. The number of aromatic hydroxyl groups is 2. The van der Waals surface area contributed by atoms with E-state index in [9.17, 15) is 82.4 Å². The number of nitrogens with one attached hydrogen (secondary N) is 11. The van der Waals surface area contributed by atoms with Crippen molar-refractivity contribution in [3.05, 3.63) is 59.7 Å². The second kappa shape index (κ2) is 48.4. The third kappa shape index (κ3) is 35.4. The van der Waals surface area contributed by atoms with E-state index in [0.717, 1.165) is 0 Å². The van der Waals surface area contributed by atoms with Crippen LogP contribution in [-0.2, 0) is 80.0 Å². The lowest BCUT2D eigenvalue weighted by atomic mass is 9.96. The normalized spacial score (nSPS) is 15.1. The summed E-state index contributed by atoms with van der Waals surface area (Å²) in [7, 11) is 0. The van der Waals surface area contributed by atoms with Crippen molar-refractivity contribution in [3.8, 4) is 11.5 Å². The van der Waals surface area contributed by atoms with E-state index in [1.807, 2.05) is 0 Å². The molecule has 14 atom stereocenters. The minimum absolute atomic E-state index is 0.00403. The Morgan fingerprint density at radius 3 is 1.30 bits per heavy atom. The van der Waals surface area contributed by atoms with E-state index in [-0.39, 0.29) is 125 Å². The highest BCUT2D eigenvalue weighted by atomic mass is 32.2. The molecule has 598 valence electrons. The number of rotatable bonds is 51. The van der Waals surface area contributed by atoms with Crippen molar-refractivity contribution in [2.45, 2.75) is 231 Å². The summed E-state index contributed by atoms with van der Waals surface area (Å²) in [5.41, 5.74) is 35.1. The van der Waals surface area contributed by atoms with Crippen LogP contribution >= 0.6 is 11.8 Å². The number of carboxylic acid groups (broad SMARTS) is 1. The Kier molecular flexibility index (Phi) is 42.2. The number of primary amides is 2. The van der Waals surface area contributed by atoms with Crippen molar-refractivity contribution >= 4 is 100 Å². The summed E-state index contributed by atoms with van der Waals surface area (Å²) < 4.78 is 0. The first-order chi connectivity index (χ1) is 50.3. The summed E-state index contributed by atoms with van der Waals surface area (Å²) in [6.45, 7) is 15.3. The van der Waals surface area contributed by atoms with Gasteiger partial charge in [-0.15, -0.1) is 0 Å². The molecular formula is C71H116N18O17S. The molecule has 0 aliphatic heterocycles. The van der Waals surface area contributed by atoms with E-state index in [1.165, 1.54) is 55.1 Å². The highest BCUT2D eigenvalue weighted by Gasteiger charge is 2.38. The topological polar surface area (TPSA) is 600 Å². The molecule has 0 saturated carbocycles. The van der Waals surface area contributed by atoms with E-state index in [1.54, 1.807) is 73.8 Å². The number of unbranched alkanes of at least 4 members (excludes halogenated alkanes) is 1. The maximum Gasteiger partial charge on any atom is 0.326 e. The van der Waals surface area contributed by atoms with Gasteiger partial charge >= 0.3 is 5.97 Å². The van der Waals surface area contributed by atoms with Crippen molar-refractivity contribution in [2.24, 2.45) is 63.1 Å².